The predicted octanol–water partition coefficient (Wildman–Crippen LogP) is 13.2. The first-order chi connectivity index (χ1) is 38.7. The van der Waals surface area contributed by atoms with Gasteiger partial charge in [-0.3, -0.25) is 29.1 Å². The van der Waals surface area contributed by atoms with Crippen LogP contribution in [0.1, 0.15) is 84.3 Å². The lowest BCUT2D eigenvalue weighted by Crippen LogP contribution is -2.47. The first-order valence-corrected chi connectivity index (χ1v) is 25.7. The van der Waals surface area contributed by atoms with Gasteiger partial charge < -0.3 is 18.8 Å². The average molecular weight is 1180 g/mol. The molecule has 0 radical (unpaired) electrons. The van der Waals surface area contributed by atoms with Crippen molar-refractivity contribution in [2.24, 2.45) is 5.41 Å². The summed E-state index contributed by atoms with van der Waals surface area (Å²) in [5, 5.41) is -0.0446. The summed E-state index contributed by atoms with van der Waals surface area (Å²) in [5.41, 5.74) is 2.86. The van der Waals surface area contributed by atoms with Gasteiger partial charge in [0.15, 0.2) is 0 Å². The van der Waals surface area contributed by atoms with Gasteiger partial charge in [0.1, 0.15) is 68.4 Å². The third kappa shape index (κ3) is 11.8. The molecule has 1 aliphatic rings. The highest BCUT2D eigenvalue weighted by Gasteiger charge is 2.35. The largest absolute Gasteiger partial charge is 0.494 e. The Labute approximate surface area is 465 Å². The normalized spacial score (nSPS) is 13.2. The van der Waals surface area contributed by atoms with E-state index in [9.17, 15) is 44.7 Å². The van der Waals surface area contributed by atoms with Gasteiger partial charge in [-0.1, -0.05) is 29.8 Å². The molecule has 0 atom stereocenters. The Morgan fingerprint density at radius 3 is 1.53 bits per heavy atom. The fraction of sp³-hybridized carbons (Fsp3) is 0.228. The highest BCUT2D eigenvalue weighted by atomic mass is 79.9. The first-order valence-electron chi connectivity index (χ1n) is 24.9. The van der Waals surface area contributed by atoms with Gasteiger partial charge in [-0.15, -0.1) is 0 Å². The summed E-state index contributed by atoms with van der Waals surface area (Å²) in [4.78, 5) is 50.1. The number of hydrogen-bond donors (Lipinski definition) is 0. The van der Waals surface area contributed by atoms with Crippen molar-refractivity contribution in [3.8, 4) is 22.5 Å². The van der Waals surface area contributed by atoms with Gasteiger partial charge in [-0.2, -0.15) is 0 Å². The van der Waals surface area contributed by atoms with Crippen molar-refractivity contribution in [2.45, 2.75) is 54.4 Å². The van der Waals surface area contributed by atoms with E-state index in [4.69, 9.17) is 18.8 Å². The van der Waals surface area contributed by atoms with Crippen LogP contribution in [0.3, 0.4) is 0 Å². The van der Waals surface area contributed by atoms with E-state index < -0.39 is 60.9 Å². The fourth-order valence-corrected chi connectivity index (χ4v) is 9.50. The van der Waals surface area contributed by atoms with Crippen molar-refractivity contribution < 1.29 is 63.5 Å². The Balaban J connectivity index is 0.000000167. The number of imidazole rings is 2. The number of hydrogen-bond acceptors (Lipinski definition) is 12. The number of benzene rings is 4. The summed E-state index contributed by atoms with van der Waals surface area (Å²) in [7, 11) is -0.701. The number of fused-ring (bicyclic) bond motifs is 4. The lowest BCUT2D eigenvalue weighted by molar-refractivity contribution is 0.0343. The van der Waals surface area contributed by atoms with Crippen LogP contribution in [-0.4, -0.2) is 84.5 Å². The predicted molar refractivity (Wildman–Crippen MR) is 290 cm³/mol. The number of nitrogens with zero attached hydrogens (tertiary/aromatic N) is 8. The zero-order valence-corrected chi connectivity index (χ0v) is 45.5. The van der Waals surface area contributed by atoms with Gasteiger partial charge in [-0.05, 0) is 129 Å². The Morgan fingerprint density at radius 1 is 0.593 bits per heavy atom. The first kappa shape index (κ1) is 57.5. The van der Waals surface area contributed by atoms with Crippen molar-refractivity contribution in [3.63, 3.8) is 0 Å². The van der Waals surface area contributed by atoms with Gasteiger partial charge in [0.2, 0.25) is 0 Å². The van der Waals surface area contributed by atoms with Crippen molar-refractivity contribution in [1.82, 2.24) is 39.0 Å². The van der Waals surface area contributed by atoms with Crippen molar-refractivity contribution in [1.29, 1.82) is 0 Å². The molecule has 0 spiro atoms. The third-order valence-corrected chi connectivity index (χ3v) is 13.2. The number of halogens is 9. The van der Waals surface area contributed by atoms with Crippen LogP contribution < -0.4 is 5.46 Å². The number of alkyl halides is 4. The number of esters is 2. The van der Waals surface area contributed by atoms with Crippen molar-refractivity contribution >= 4 is 84.3 Å². The van der Waals surface area contributed by atoms with Crippen molar-refractivity contribution in [3.05, 3.63) is 172 Å². The molecule has 7 heterocycles. The van der Waals surface area contributed by atoms with Crippen LogP contribution in [0.5, 0.6) is 0 Å². The van der Waals surface area contributed by atoms with Gasteiger partial charge in [0.05, 0.1) is 57.5 Å². The summed E-state index contributed by atoms with van der Waals surface area (Å²) in [6, 6.07) is 19.5. The molecule has 0 unspecified atom stereocenters. The van der Waals surface area contributed by atoms with Crippen LogP contribution in [0.15, 0.2) is 114 Å². The molecule has 0 aliphatic carbocycles. The lowest BCUT2D eigenvalue weighted by atomic mass is 9.75. The second-order valence-corrected chi connectivity index (χ2v) is 19.9. The molecule has 1 saturated heterocycles. The van der Waals surface area contributed by atoms with Crippen LogP contribution in [0, 0.1) is 42.5 Å². The summed E-state index contributed by atoms with van der Waals surface area (Å²) in [6.45, 7) is 12.1. The highest BCUT2D eigenvalue weighted by molar-refractivity contribution is 9.10. The van der Waals surface area contributed by atoms with Crippen LogP contribution in [0.25, 0.3) is 66.4 Å². The lowest BCUT2D eigenvalue weighted by Gasteiger charge is -2.33. The van der Waals surface area contributed by atoms with E-state index in [0.29, 0.717) is 68.2 Å². The van der Waals surface area contributed by atoms with E-state index in [1.165, 1.54) is 55.1 Å². The Bertz CT molecular complexity index is 4040. The second-order valence-electron chi connectivity index (χ2n) is 19.0. The SMILES string of the molecule is CCOC(=O)c1cc(-c2ccnc(C(F)F)c2)cc2c1nc(C)n2-c1ccnc2c(F)ccc(F)c12.CCOC(=O)c1cc(B2OCC(C)(C)CO2)cc2c1nc(C)n2-c1ccnc2c(F)ccc(F)c12.FC(F)c1cc(Br)ccn1. The van der Waals surface area contributed by atoms with Crippen LogP contribution in [0.2, 0.25) is 0 Å². The minimum Gasteiger partial charge on any atom is -0.462 e. The summed E-state index contributed by atoms with van der Waals surface area (Å²) >= 11 is 3.06. The zero-order valence-electron chi connectivity index (χ0n) is 43.9. The summed E-state index contributed by atoms with van der Waals surface area (Å²) < 4.78 is 135. The molecule has 0 bridgehead atoms. The topological polar surface area (TPSA) is 158 Å². The maximum Gasteiger partial charge on any atom is 0.494 e. The van der Waals surface area contributed by atoms with Crippen LogP contribution >= 0.6 is 15.9 Å². The molecule has 10 aromatic rings. The molecule has 0 saturated carbocycles. The number of pyridine rings is 4. The Kier molecular flexibility index (Phi) is 16.9. The molecule has 4 aromatic carbocycles. The monoisotopic (exact) mass is 1180 g/mol. The van der Waals surface area contributed by atoms with E-state index in [1.54, 1.807) is 67.2 Å². The quantitative estimate of drug-likeness (QED) is 0.0726. The molecule has 24 heteroatoms. The number of aromatic nitrogens is 8. The van der Waals surface area contributed by atoms with E-state index in [0.717, 1.165) is 24.3 Å². The molecule has 1 fully saturated rings. The molecule has 11 rings (SSSR count). The molecule has 81 heavy (non-hydrogen) atoms. The molecule has 14 nitrogen and oxygen atoms in total. The number of carbonyl (C=O) groups excluding carboxylic acids is 2. The van der Waals surface area contributed by atoms with Crippen LogP contribution in [-0.2, 0) is 18.8 Å². The third-order valence-electron chi connectivity index (χ3n) is 12.7. The number of aryl methyl sites for hydroxylation is 2. The fourth-order valence-electron chi connectivity index (χ4n) is 9.15. The summed E-state index contributed by atoms with van der Waals surface area (Å²) in [5.74, 6) is -2.98. The Hall–Kier alpha value is -8.22. The molecule has 416 valence electrons. The van der Waals surface area contributed by atoms with E-state index in [2.05, 4.69) is 45.8 Å². The van der Waals surface area contributed by atoms with Crippen LogP contribution in [0.4, 0.5) is 35.1 Å². The van der Waals surface area contributed by atoms with E-state index >= 15 is 0 Å². The van der Waals surface area contributed by atoms with E-state index in [-0.39, 0.29) is 68.5 Å². The maximum atomic E-state index is 14.9. The standard InChI is InChI=1S/C26H18F4N4O2.C25H24BF2N3O4.C6H4BrF2N/c1-3-36-26(35)16-10-15(14-6-8-31-19(11-14)25(29)30)12-21-23(16)33-13(2)34(21)20-7-9-32-24-18(28)5-4-17(27)22(20)24;1-5-33-24(32)16-10-15(26-34-12-25(3,4)13-35-26)11-20-22(16)30-14(2)31(20)19-8-9-29-23-18(28)7-6-17(27)21(19)23;7-4-1-2-10-5(3-4)6(8)9/h4-12,25H,3H2,1-2H3;6-11H,5,12-13H2,1-4H3;1-3,6H. The second kappa shape index (κ2) is 23.9. The molecule has 0 amide bonds. The minimum atomic E-state index is -2.79. The zero-order chi connectivity index (χ0) is 58.0. The molecular weight excluding hydrogens is 1140 g/mol. The van der Waals surface area contributed by atoms with E-state index in [1.807, 2.05) is 13.8 Å². The molecule has 1 aliphatic heterocycles. The van der Waals surface area contributed by atoms with Gasteiger partial charge in [0.25, 0.3) is 12.9 Å². The number of rotatable bonds is 10. The number of carbonyl (C=O) groups is 2. The average Bonchev–Trinajstić information content (AvgIpc) is 4.01. The minimum absolute atomic E-state index is 0.0184. The number of ether oxygens (including phenoxy) is 2. The van der Waals surface area contributed by atoms with Crippen molar-refractivity contribution in [2.75, 3.05) is 26.4 Å². The molecule has 6 aromatic heterocycles. The smallest absolute Gasteiger partial charge is 0.462 e. The molecule has 0 N–H and O–H groups in total. The Morgan fingerprint density at radius 2 is 1.05 bits per heavy atom. The maximum absolute atomic E-state index is 14.9. The summed E-state index contributed by atoms with van der Waals surface area (Å²) in [6.07, 6.45) is 0.0777. The van der Waals surface area contributed by atoms with Gasteiger partial charge in [-0.25, -0.2) is 54.7 Å². The highest BCUT2D eigenvalue weighted by Crippen LogP contribution is 2.36. The van der Waals surface area contributed by atoms with Gasteiger partial charge >= 0.3 is 19.1 Å². The van der Waals surface area contributed by atoms with Gasteiger partial charge in [0, 0.05) is 47.9 Å². The molecular formula is C57H46BBrF8N8O6.